The molecule has 0 aliphatic carbocycles. The van der Waals surface area contributed by atoms with E-state index in [-0.39, 0.29) is 6.04 Å². The van der Waals surface area contributed by atoms with E-state index in [0.717, 1.165) is 14.2 Å². The van der Waals surface area contributed by atoms with Gasteiger partial charge in [-0.1, -0.05) is 40.9 Å². The Balaban J connectivity index is 2.29. The normalized spacial score (nSPS) is 12.5. The molecule has 2 aromatic rings. The summed E-state index contributed by atoms with van der Waals surface area (Å²) < 4.78 is 1.48. The van der Waals surface area contributed by atoms with Crippen molar-refractivity contribution < 1.29 is 0 Å². The van der Waals surface area contributed by atoms with E-state index >= 15 is 0 Å². The van der Waals surface area contributed by atoms with Crippen LogP contribution in [0.15, 0.2) is 18.2 Å². The van der Waals surface area contributed by atoms with Crippen molar-refractivity contribution in [2.24, 2.45) is 0 Å². The van der Waals surface area contributed by atoms with Crippen molar-refractivity contribution in [3.05, 3.63) is 49.1 Å². The fraction of sp³-hybridized carbons (Fsp3) is 0.333. The van der Waals surface area contributed by atoms with Crippen LogP contribution in [0.1, 0.15) is 35.2 Å². The van der Waals surface area contributed by atoms with Crippen LogP contribution in [-0.2, 0) is 0 Å². The molecule has 0 fully saturated rings. The lowest BCUT2D eigenvalue weighted by atomic mass is 10.0. The molecule has 102 valence electrons. The first-order valence-electron chi connectivity index (χ1n) is 6.17. The molecule has 0 amide bonds. The Hall–Kier alpha value is -0.700. The zero-order valence-electron chi connectivity index (χ0n) is 11.5. The number of hydrogen-bond acceptors (Lipinski definition) is 2. The van der Waals surface area contributed by atoms with Crippen molar-refractivity contribution in [1.82, 2.24) is 0 Å². The second-order valence-corrected chi connectivity index (χ2v) is 7.20. The number of nitrogens with one attached hydrogen (secondary N) is 1. The molecule has 4 heteroatoms. The van der Waals surface area contributed by atoms with Gasteiger partial charge in [-0.15, -0.1) is 11.3 Å². The lowest BCUT2D eigenvalue weighted by Crippen LogP contribution is -2.08. The van der Waals surface area contributed by atoms with Gasteiger partial charge in [0.1, 0.15) is 0 Å². The smallest absolute Gasteiger partial charge is 0.0996 e. The van der Waals surface area contributed by atoms with E-state index in [1.54, 1.807) is 0 Å². The Labute approximate surface area is 128 Å². The summed E-state index contributed by atoms with van der Waals surface area (Å²) in [5, 5.41) is 3.54. The minimum absolute atomic E-state index is 0.136. The first-order valence-corrected chi connectivity index (χ1v) is 7.75. The minimum Gasteiger partial charge on any atom is -0.378 e. The SMILES string of the molecule is Cc1cc(C)c(NC(C)c2cc(Cl)sc2Cl)c(C)c1. The molecular formula is C15H17Cl2NS. The third kappa shape index (κ3) is 3.25. The van der Waals surface area contributed by atoms with Gasteiger partial charge in [0.25, 0.3) is 0 Å². The summed E-state index contributed by atoms with van der Waals surface area (Å²) in [6.07, 6.45) is 0. The van der Waals surface area contributed by atoms with Crippen molar-refractivity contribution in [3.8, 4) is 0 Å². The summed E-state index contributed by atoms with van der Waals surface area (Å²) >= 11 is 13.6. The highest BCUT2D eigenvalue weighted by atomic mass is 35.5. The van der Waals surface area contributed by atoms with Gasteiger partial charge < -0.3 is 5.32 Å². The molecule has 1 heterocycles. The number of aryl methyl sites for hydroxylation is 3. The second kappa shape index (κ2) is 5.74. The van der Waals surface area contributed by atoms with Gasteiger partial charge in [0.15, 0.2) is 0 Å². The molecule has 1 N–H and O–H groups in total. The number of benzene rings is 1. The van der Waals surface area contributed by atoms with E-state index in [1.807, 2.05) is 6.07 Å². The van der Waals surface area contributed by atoms with Crippen LogP contribution >= 0.6 is 34.5 Å². The molecule has 0 aliphatic heterocycles. The van der Waals surface area contributed by atoms with Gasteiger partial charge in [-0.25, -0.2) is 0 Å². The van der Waals surface area contributed by atoms with Crippen LogP contribution < -0.4 is 5.32 Å². The van der Waals surface area contributed by atoms with Crippen LogP contribution in [0.5, 0.6) is 0 Å². The molecule has 0 bridgehead atoms. The molecule has 19 heavy (non-hydrogen) atoms. The fourth-order valence-corrected chi connectivity index (χ4v) is 4.00. The maximum atomic E-state index is 6.21. The molecule has 1 aromatic heterocycles. The van der Waals surface area contributed by atoms with E-state index in [4.69, 9.17) is 23.2 Å². The highest BCUT2D eigenvalue weighted by Crippen LogP contribution is 2.37. The van der Waals surface area contributed by atoms with Crippen molar-refractivity contribution >= 4 is 40.2 Å². The van der Waals surface area contributed by atoms with E-state index in [1.165, 1.54) is 33.7 Å². The van der Waals surface area contributed by atoms with Crippen LogP contribution in [0.2, 0.25) is 8.67 Å². The summed E-state index contributed by atoms with van der Waals surface area (Å²) in [7, 11) is 0. The predicted octanol–water partition coefficient (Wildman–Crippen LogP) is 6.15. The standard InChI is InChI=1S/C15H17Cl2NS/c1-8-5-9(2)14(10(3)6-8)18-11(4)12-7-13(16)19-15(12)17/h5-7,11,18H,1-4H3. The lowest BCUT2D eigenvalue weighted by molar-refractivity contribution is 0.885. The summed E-state index contributed by atoms with van der Waals surface area (Å²) in [4.78, 5) is 0. The Kier molecular flexibility index (Phi) is 4.44. The van der Waals surface area contributed by atoms with E-state index in [9.17, 15) is 0 Å². The lowest BCUT2D eigenvalue weighted by Gasteiger charge is -2.19. The molecule has 1 nitrogen and oxygen atoms in total. The van der Waals surface area contributed by atoms with Gasteiger partial charge in [-0.05, 0) is 44.9 Å². The monoisotopic (exact) mass is 313 g/mol. The van der Waals surface area contributed by atoms with Gasteiger partial charge in [-0.3, -0.25) is 0 Å². The highest BCUT2D eigenvalue weighted by molar-refractivity contribution is 7.20. The average molecular weight is 314 g/mol. The van der Waals surface area contributed by atoms with Crippen LogP contribution in [0.4, 0.5) is 5.69 Å². The van der Waals surface area contributed by atoms with Crippen LogP contribution in [0.25, 0.3) is 0 Å². The molecule has 0 saturated carbocycles. The van der Waals surface area contributed by atoms with E-state index in [2.05, 4.69) is 45.1 Å². The third-order valence-corrected chi connectivity index (χ3v) is 4.71. The Bertz CT molecular complexity index is 581. The summed E-state index contributed by atoms with van der Waals surface area (Å²) in [6.45, 7) is 8.46. The first-order chi connectivity index (χ1) is 8.88. The maximum Gasteiger partial charge on any atom is 0.0996 e. The van der Waals surface area contributed by atoms with Crippen LogP contribution in [-0.4, -0.2) is 0 Å². The molecular weight excluding hydrogens is 297 g/mol. The first kappa shape index (κ1) is 14.7. The van der Waals surface area contributed by atoms with Crippen LogP contribution in [0, 0.1) is 20.8 Å². The average Bonchev–Trinajstić information content (AvgIpc) is 2.62. The number of anilines is 1. The summed E-state index contributed by atoms with van der Waals surface area (Å²) in [6, 6.07) is 6.44. The fourth-order valence-electron chi connectivity index (χ4n) is 2.35. The highest BCUT2D eigenvalue weighted by Gasteiger charge is 2.15. The zero-order chi connectivity index (χ0) is 14.2. The van der Waals surface area contributed by atoms with Crippen molar-refractivity contribution in [1.29, 1.82) is 0 Å². The van der Waals surface area contributed by atoms with Gasteiger partial charge in [0, 0.05) is 11.3 Å². The van der Waals surface area contributed by atoms with Crippen molar-refractivity contribution in [3.63, 3.8) is 0 Å². The quantitative estimate of drug-likeness (QED) is 0.716. The maximum absolute atomic E-state index is 6.21. The molecule has 0 aliphatic rings. The summed E-state index contributed by atoms with van der Waals surface area (Å²) in [5.41, 5.74) is 6.01. The van der Waals surface area contributed by atoms with Gasteiger partial charge >= 0.3 is 0 Å². The third-order valence-electron chi connectivity index (χ3n) is 3.19. The number of hydrogen-bond donors (Lipinski definition) is 1. The second-order valence-electron chi connectivity index (χ2n) is 4.92. The summed E-state index contributed by atoms with van der Waals surface area (Å²) in [5.74, 6) is 0. The zero-order valence-corrected chi connectivity index (χ0v) is 13.8. The van der Waals surface area contributed by atoms with Crippen molar-refractivity contribution in [2.45, 2.75) is 33.7 Å². The van der Waals surface area contributed by atoms with Gasteiger partial charge in [0.05, 0.1) is 14.7 Å². The Morgan fingerprint density at radius 1 is 1.05 bits per heavy atom. The number of rotatable bonds is 3. The Morgan fingerprint density at radius 2 is 1.63 bits per heavy atom. The molecule has 2 rings (SSSR count). The molecule has 1 atom stereocenters. The molecule has 1 unspecified atom stereocenters. The minimum atomic E-state index is 0.136. The molecule has 0 saturated heterocycles. The van der Waals surface area contributed by atoms with Gasteiger partial charge in [-0.2, -0.15) is 0 Å². The molecule has 0 radical (unpaired) electrons. The Morgan fingerprint density at radius 3 is 2.11 bits per heavy atom. The van der Waals surface area contributed by atoms with E-state index in [0.29, 0.717) is 0 Å². The number of thiophene rings is 1. The molecule has 0 spiro atoms. The largest absolute Gasteiger partial charge is 0.378 e. The van der Waals surface area contributed by atoms with Gasteiger partial charge in [0.2, 0.25) is 0 Å². The predicted molar refractivity (Wildman–Crippen MR) is 87.0 cm³/mol. The van der Waals surface area contributed by atoms with Crippen LogP contribution in [0.3, 0.4) is 0 Å². The van der Waals surface area contributed by atoms with E-state index < -0.39 is 0 Å². The number of halogens is 2. The topological polar surface area (TPSA) is 12.0 Å². The van der Waals surface area contributed by atoms with Crippen molar-refractivity contribution in [2.75, 3.05) is 5.32 Å². The molecule has 1 aromatic carbocycles.